The van der Waals surface area contributed by atoms with Crippen molar-refractivity contribution in [3.63, 3.8) is 0 Å². The van der Waals surface area contributed by atoms with Crippen LogP contribution in [0.1, 0.15) is 10.5 Å². The minimum Gasteiger partial charge on any atom is -0.321 e. The first-order valence-electron chi connectivity index (χ1n) is 5.12. The smallest absolute Gasteiger partial charge is 0.272 e. The number of carbonyl (C=O) groups excluding carboxylic acids is 1. The Labute approximate surface area is 104 Å². The molecule has 98 valence electrons. The SMILES string of the molecule is O=C(Nc1cc(F)c(F)c(F)c1)c1cccc(=O)[nH]1. The van der Waals surface area contributed by atoms with Crippen LogP contribution in [0, 0.1) is 17.5 Å². The summed E-state index contributed by atoms with van der Waals surface area (Å²) >= 11 is 0. The molecule has 19 heavy (non-hydrogen) atoms. The van der Waals surface area contributed by atoms with Gasteiger partial charge in [-0.2, -0.15) is 0 Å². The Hall–Kier alpha value is -2.57. The molecule has 0 fully saturated rings. The van der Waals surface area contributed by atoms with Crippen LogP contribution in [0.15, 0.2) is 35.1 Å². The monoisotopic (exact) mass is 268 g/mol. The van der Waals surface area contributed by atoms with Gasteiger partial charge in [0.15, 0.2) is 17.5 Å². The summed E-state index contributed by atoms with van der Waals surface area (Å²) < 4.78 is 38.6. The molecule has 0 bridgehead atoms. The number of amides is 1. The molecule has 2 aromatic rings. The number of pyridine rings is 1. The van der Waals surface area contributed by atoms with Gasteiger partial charge >= 0.3 is 0 Å². The van der Waals surface area contributed by atoms with Gasteiger partial charge in [0, 0.05) is 23.9 Å². The Balaban J connectivity index is 2.27. The molecule has 0 spiro atoms. The van der Waals surface area contributed by atoms with E-state index >= 15 is 0 Å². The molecule has 4 nitrogen and oxygen atoms in total. The van der Waals surface area contributed by atoms with Crippen molar-refractivity contribution in [3.8, 4) is 0 Å². The number of H-pyrrole nitrogens is 1. The number of nitrogens with one attached hydrogen (secondary N) is 2. The Morgan fingerprint density at radius 2 is 1.74 bits per heavy atom. The predicted molar refractivity (Wildman–Crippen MR) is 61.3 cm³/mol. The third-order valence-electron chi connectivity index (χ3n) is 2.25. The third kappa shape index (κ3) is 2.82. The summed E-state index contributed by atoms with van der Waals surface area (Å²) in [6.45, 7) is 0. The van der Waals surface area contributed by atoms with Crippen molar-refractivity contribution in [2.24, 2.45) is 0 Å². The maximum absolute atomic E-state index is 12.9. The van der Waals surface area contributed by atoms with Crippen LogP contribution < -0.4 is 10.9 Å². The minimum atomic E-state index is -1.62. The van der Waals surface area contributed by atoms with Crippen LogP contribution in [0.5, 0.6) is 0 Å². The summed E-state index contributed by atoms with van der Waals surface area (Å²) in [5.74, 6) is -5.23. The van der Waals surface area contributed by atoms with Gasteiger partial charge in [-0.25, -0.2) is 13.2 Å². The molecule has 2 N–H and O–H groups in total. The fraction of sp³-hybridized carbons (Fsp3) is 0. The van der Waals surface area contributed by atoms with E-state index in [-0.39, 0.29) is 11.4 Å². The molecule has 0 saturated heterocycles. The molecule has 0 aliphatic carbocycles. The quantitative estimate of drug-likeness (QED) is 0.819. The van der Waals surface area contributed by atoms with Gasteiger partial charge in [0.05, 0.1) is 0 Å². The maximum Gasteiger partial charge on any atom is 0.272 e. The molecule has 7 heteroatoms. The van der Waals surface area contributed by atoms with E-state index in [0.717, 1.165) is 0 Å². The van der Waals surface area contributed by atoms with Gasteiger partial charge in [0.25, 0.3) is 5.91 Å². The standard InChI is InChI=1S/C12H7F3N2O2/c13-7-4-6(5-8(14)11(7)15)16-12(19)9-2-1-3-10(18)17-9/h1-5H,(H,16,19)(H,17,18). The molecule has 1 aromatic carbocycles. The zero-order valence-corrected chi connectivity index (χ0v) is 9.34. The molecule has 0 aliphatic heterocycles. The van der Waals surface area contributed by atoms with Crippen LogP contribution in [-0.4, -0.2) is 10.9 Å². The molecule has 0 aliphatic rings. The second kappa shape index (κ2) is 4.97. The molecular formula is C12H7F3N2O2. The number of benzene rings is 1. The number of carbonyl (C=O) groups is 1. The van der Waals surface area contributed by atoms with E-state index in [4.69, 9.17) is 0 Å². The van der Waals surface area contributed by atoms with Crippen molar-refractivity contribution in [1.82, 2.24) is 4.98 Å². The Bertz CT molecular complexity index is 674. The molecule has 1 amide bonds. The lowest BCUT2D eigenvalue weighted by Crippen LogP contribution is -2.18. The van der Waals surface area contributed by atoms with Crippen molar-refractivity contribution in [2.75, 3.05) is 5.32 Å². The highest BCUT2D eigenvalue weighted by Crippen LogP contribution is 2.17. The van der Waals surface area contributed by atoms with Gasteiger partial charge < -0.3 is 10.3 Å². The van der Waals surface area contributed by atoms with Gasteiger partial charge in [0.2, 0.25) is 5.56 Å². The molecule has 0 unspecified atom stereocenters. The van der Waals surface area contributed by atoms with Gasteiger partial charge in [0.1, 0.15) is 5.69 Å². The van der Waals surface area contributed by atoms with Crippen LogP contribution in [0.3, 0.4) is 0 Å². The first kappa shape index (κ1) is 12.9. The average molecular weight is 268 g/mol. The minimum absolute atomic E-state index is 0.0855. The number of halogens is 3. The summed E-state index contributed by atoms with van der Waals surface area (Å²) in [6, 6.07) is 5.13. The van der Waals surface area contributed by atoms with E-state index in [2.05, 4.69) is 10.3 Å². The number of aromatic nitrogens is 1. The van der Waals surface area contributed by atoms with Crippen LogP contribution in [0.4, 0.5) is 18.9 Å². The molecule has 0 saturated carbocycles. The number of anilines is 1. The third-order valence-corrected chi connectivity index (χ3v) is 2.25. The van der Waals surface area contributed by atoms with E-state index in [0.29, 0.717) is 12.1 Å². The van der Waals surface area contributed by atoms with Gasteiger partial charge in [-0.3, -0.25) is 9.59 Å². The second-order valence-electron chi connectivity index (χ2n) is 3.64. The molecule has 1 aromatic heterocycles. The van der Waals surface area contributed by atoms with Crippen molar-refractivity contribution < 1.29 is 18.0 Å². The van der Waals surface area contributed by atoms with Crippen LogP contribution >= 0.6 is 0 Å². The predicted octanol–water partition coefficient (Wildman–Crippen LogP) is 2.04. The molecule has 1 heterocycles. The lowest BCUT2D eigenvalue weighted by molar-refractivity contribution is 0.102. The Kier molecular flexibility index (Phi) is 3.37. The summed E-state index contributed by atoms with van der Waals surface area (Å²) in [4.78, 5) is 24.9. The van der Waals surface area contributed by atoms with E-state index in [1.807, 2.05) is 0 Å². The van der Waals surface area contributed by atoms with Crippen molar-refractivity contribution in [1.29, 1.82) is 0 Å². The topological polar surface area (TPSA) is 62.0 Å². The van der Waals surface area contributed by atoms with Crippen LogP contribution in [0.2, 0.25) is 0 Å². The highest BCUT2D eigenvalue weighted by Gasteiger charge is 2.13. The number of hydrogen-bond donors (Lipinski definition) is 2. The van der Waals surface area contributed by atoms with E-state index < -0.39 is 28.9 Å². The van der Waals surface area contributed by atoms with Gasteiger partial charge in [-0.1, -0.05) is 6.07 Å². The first-order valence-corrected chi connectivity index (χ1v) is 5.12. The number of rotatable bonds is 2. The largest absolute Gasteiger partial charge is 0.321 e. The Morgan fingerprint density at radius 1 is 1.11 bits per heavy atom. The zero-order chi connectivity index (χ0) is 14.0. The van der Waals surface area contributed by atoms with E-state index in [1.165, 1.54) is 18.2 Å². The van der Waals surface area contributed by atoms with Crippen LogP contribution in [0.25, 0.3) is 0 Å². The fourth-order valence-corrected chi connectivity index (χ4v) is 1.41. The highest BCUT2D eigenvalue weighted by molar-refractivity contribution is 6.02. The van der Waals surface area contributed by atoms with Crippen molar-refractivity contribution in [2.45, 2.75) is 0 Å². The van der Waals surface area contributed by atoms with E-state index in [9.17, 15) is 22.8 Å². The number of aromatic amines is 1. The van der Waals surface area contributed by atoms with Gasteiger partial charge in [-0.15, -0.1) is 0 Å². The average Bonchev–Trinajstić information content (AvgIpc) is 2.36. The summed E-state index contributed by atoms with van der Waals surface area (Å²) in [5.41, 5.74) is -0.840. The van der Waals surface area contributed by atoms with Crippen molar-refractivity contribution >= 4 is 11.6 Å². The highest BCUT2D eigenvalue weighted by atomic mass is 19.2. The number of hydrogen-bond acceptors (Lipinski definition) is 2. The molecule has 2 rings (SSSR count). The first-order chi connectivity index (χ1) is 8.97. The summed E-state index contributed by atoms with van der Waals surface area (Å²) in [7, 11) is 0. The second-order valence-corrected chi connectivity index (χ2v) is 3.64. The van der Waals surface area contributed by atoms with Gasteiger partial charge in [-0.05, 0) is 6.07 Å². The molecular weight excluding hydrogens is 261 g/mol. The molecule has 0 atom stereocenters. The Morgan fingerprint density at radius 3 is 2.32 bits per heavy atom. The fourth-order valence-electron chi connectivity index (χ4n) is 1.41. The summed E-state index contributed by atoms with van der Waals surface area (Å²) in [6.07, 6.45) is 0. The summed E-state index contributed by atoms with van der Waals surface area (Å²) in [5, 5.41) is 2.14. The van der Waals surface area contributed by atoms with Crippen molar-refractivity contribution in [3.05, 3.63) is 63.8 Å². The maximum atomic E-state index is 12.9. The van der Waals surface area contributed by atoms with E-state index in [1.54, 1.807) is 0 Å². The normalized spacial score (nSPS) is 10.3. The van der Waals surface area contributed by atoms with Crippen LogP contribution in [-0.2, 0) is 0 Å². The lowest BCUT2D eigenvalue weighted by atomic mass is 10.2. The molecule has 0 radical (unpaired) electrons. The lowest BCUT2D eigenvalue weighted by Gasteiger charge is -2.06. The zero-order valence-electron chi connectivity index (χ0n) is 9.34.